The average molecular weight is 291 g/mol. The highest BCUT2D eigenvalue weighted by Gasteiger charge is 2.26. The van der Waals surface area contributed by atoms with Crippen molar-refractivity contribution in [3.8, 4) is 0 Å². The zero-order chi connectivity index (χ0) is 15.6. The fraction of sp³-hybridized carbons (Fsp3) is 1.00. The van der Waals surface area contributed by atoms with E-state index in [4.69, 9.17) is 14.2 Å². The highest BCUT2D eigenvalue weighted by atomic mass is 16.5. The van der Waals surface area contributed by atoms with Gasteiger partial charge in [0.2, 0.25) is 0 Å². The Morgan fingerprint density at radius 3 is 1.05 bits per heavy atom. The summed E-state index contributed by atoms with van der Waals surface area (Å²) in [4.78, 5) is 6.01. The van der Waals surface area contributed by atoms with E-state index < -0.39 is 0 Å². The van der Waals surface area contributed by atoms with Gasteiger partial charge in [-0.25, -0.2) is 0 Å². The Morgan fingerprint density at radius 2 is 0.850 bits per heavy atom. The number of hydrogen-bond donors (Lipinski definition) is 0. The summed E-state index contributed by atoms with van der Waals surface area (Å²) in [5.41, 5.74) is -0.137. The van der Waals surface area contributed by atoms with Crippen LogP contribution in [0.2, 0.25) is 0 Å². The lowest BCUT2D eigenvalue weighted by molar-refractivity contribution is -0.0947. The number of nitrogens with zero attached hydrogens (tertiary/aromatic N) is 3. The van der Waals surface area contributed by atoms with E-state index in [-0.39, 0.29) is 5.41 Å². The van der Waals surface area contributed by atoms with Gasteiger partial charge in [-0.05, 0) is 42.3 Å². The molecule has 0 fully saturated rings. The van der Waals surface area contributed by atoms with Gasteiger partial charge >= 0.3 is 0 Å². The summed E-state index contributed by atoms with van der Waals surface area (Å²) in [6, 6.07) is 0. The van der Waals surface area contributed by atoms with E-state index in [1.54, 1.807) is 0 Å². The van der Waals surface area contributed by atoms with E-state index >= 15 is 0 Å². The normalized spacial score (nSPS) is 12.9. The zero-order valence-electron chi connectivity index (χ0n) is 14.3. The first-order valence-electron chi connectivity index (χ1n) is 6.92. The Hall–Kier alpha value is -0.240. The van der Waals surface area contributed by atoms with Gasteiger partial charge in [0.15, 0.2) is 0 Å². The summed E-state index contributed by atoms with van der Waals surface area (Å²) in [5.74, 6) is 0. The molecule has 0 aliphatic carbocycles. The van der Waals surface area contributed by atoms with Crippen LogP contribution in [-0.4, -0.2) is 97.0 Å². The quantitative estimate of drug-likeness (QED) is 0.490. The fourth-order valence-electron chi connectivity index (χ4n) is 1.55. The minimum atomic E-state index is -0.137. The summed E-state index contributed by atoms with van der Waals surface area (Å²) in [6.45, 7) is 5.81. The van der Waals surface area contributed by atoms with Crippen LogP contribution in [0.3, 0.4) is 0 Å². The van der Waals surface area contributed by atoms with Gasteiger partial charge in [-0.15, -0.1) is 0 Å². The second-order valence-corrected chi connectivity index (χ2v) is 6.48. The van der Waals surface area contributed by atoms with Crippen LogP contribution >= 0.6 is 0 Å². The van der Waals surface area contributed by atoms with Crippen molar-refractivity contribution in [2.24, 2.45) is 5.41 Å². The van der Waals surface area contributed by atoms with E-state index in [0.717, 1.165) is 0 Å². The fourth-order valence-corrected chi connectivity index (χ4v) is 1.55. The van der Waals surface area contributed by atoms with Crippen LogP contribution < -0.4 is 0 Å². The molecule has 0 rings (SSSR count). The van der Waals surface area contributed by atoms with Crippen molar-refractivity contribution < 1.29 is 14.2 Å². The van der Waals surface area contributed by atoms with Gasteiger partial charge in [0.1, 0.15) is 0 Å². The van der Waals surface area contributed by atoms with Crippen LogP contribution in [-0.2, 0) is 14.2 Å². The first kappa shape index (κ1) is 19.8. The molecule has 20 heavy (non-hydrogen) atoms. The first-order valence-corrected chi connectivity index (χ1v) is 6.92. The molecule has 0 aromatic carbocycles. The van der Waals surface area contributed by atoms with E-state index in [9.17, 15) is 0 Å². The molecular formula is C14H33N3O3. The molecule has 6 nitrogen and oxygen atoms in total. The molecule has 0 spiro atoms. The first-order chi connectivity index (χ1) is 9.25. The Morgan fingerprint density at radius 1 is 0.600 bits per heavy atom. The van der Waals surface area contributed by atoms with E-state index in [1.165, 1.54) is 0 Å². The Bertz CT molecular complexity index is 200. The summed E-state index contributed by atoms with van der Waals surface area (Å²) in [5, 5.41) is 0. The topological polar surface area (TPSA) is 37.4 Å². The van der Waals surface area contributed by atoms with Gasteiger partial charge in [0, 0.05) is 5.41 Å². The highest BCUT2D eigenvalue weighted by molar-refractivity contribution is 4.73. The SMILES string of the molecule is CN(C)COCC(C)(COCN(C)C)COCN(C)C. The van der Waals surface area contributed by atoms with Crippen molar-refractivity contribution >= 4 is 0 Å². The van der Waals surface area contributed by atoms with Gasteiger partial charge < -0.3 is 14.2 Å². The second kappa shape index (κ2) is 10.5. The maximum Gasteiger partial charge on any atom is 0.0985 e. The van der Waals surface area contributed by atoms with Crippen molar-refractivity contribution in [1.29, 1.82) is 0 Å². The zero-order valence-corrected chi connectivity index (χ0v) is 14.3. The average Bonchev–Trinajstić information content (AvgIpc) is 2.27. The van der Waals surface area contributed by atoms with Crippen LogP contribution in [0.1, 0.15) is 6.92 Å². The predicted molar refractivity (Wildman–Crippen MR) is 81.6 cm³/mol. The largest absolute Gasteiger partial charge is 0.365 e. The summed E-state index contributed by atoms with van der Waals surface area (Å²) >= 11 is 0. The van der Waals surface area contributed by atoms with Crippen LogP contribution in [0.25, 0.3) is 0 Å². The minimum absolute atomic E-state index is 0.137. The molecule has 0 atom stereocenters. The summed E-state index contributed by atoms with van der Waals surface area (Å²) in [6.07, 6.45) is 0. The maximum atomic E-state index is 5.71. The smallest absolute Gasteiger partial charge is 0.0985 e. The Labute approximate surface area is 124 Å². The number of hydrogen-bond acceptors (Lipinski definition) is 6. The molecule has 0 saturated heterocycles. The lowest BCUT2D eigenvalue weighted by Gasteiger charge is -2.30. The van der Waals surface area contributed by atoms with Crippen molar-refractivity contribution in [2.75, 3.05) is 82.3 Å². The standard InChI is InChI=1S/C14H33N3O3/c1-14(8-18-11-15(2)3,9-19-12-16(4)5)10-20-13-17(6)7/h8-13H2,1-7H3. The third kappa shape index (κ3) is 11.6. The third-order valence-corrected chi connectivity index (χ3v) is 2.40. The molecule has 0 bridgehead atoms. The van der Waals surface area contributed by atoms with Crippen LogP contribution in [0.4, 0.5) is 0 Å². The van der Waals surface area contributed by atoms with E-state index in [1.807, 2.05) is 57.0 Å². The van der Waals surface area contributed by atoms with Crippen LogP contribution in [0.15, 0.2) is 0 Å². The molecule has 0 unspecified atom stereocenters. The maximum absolute atomic E-state index is 5.71. The number of ether oxygens (including phenoxy) is 3. The van der Waals surface area contributed by atoms with Crippen molar-refractivity contribution in [2.45, 2.75) is 6.92 Å². The molecule has 0 N–H and O–H groups in total. The molecule has 0 radical (unpaired) electrons. The van der Waals surface area contributed by atoms with Crippen molar-refractivity contribution in [3.05, 3.63) is 0 Å². The molecule has 0 saturated carbocycles. The molecular weight excluding hydrogens is 258 g/mol. The monoisotopic (exact) mass is 291 g/mol. The lowest BCUT2D eigenvalue weighted by Crippen LogP contribution is -2.37. The molecule has 0 amide bonds. The molecule has 122 valence electrons. The van der Waals surface area contributed by atoms with Gasteiger partial charge in [-0.3, -0.25) is 14.7 Å². The third-order valence-electron chi connectivity index (χ3n) is 2.40. The second-order valence-electron chi connectivity index (χ2n) is 6.48. The molecule has 0 aromatic rings. The summed E-state index contributed by atoms with van der Waals surface area (Å²) < 4.78 is 17.1. The molecule has 6 heteroatoms. The number of rotatable bonds is 12. The lowest BCUT2D eigenvalue weighted by atomic mass is 9.94. The van der Waals surface area contributed by atoms with Gasteiger partial charge in [0.25, 0.3) is 0 Å². The molecule has 0 aromatic heterocycles. The molecule has 0 aliphatic rings. The molecule has 0 heterocycles. The van der Waals surface area contributed by atoms with Crippen LogP contribution in [0.5, 0.6) is 0 Å². The van der Waals surface area contributed by atoms with E-state index in [0.29, 0.717) is 40.0 Å². The van der Waals surface area contributed by atoms with E-state index in [2.05, 4.69) is 6.92 Å². The Balaban J connectivity index is 4.18. The van der Waals surface area contributed by atoms with Crippen molar-refractivity contribution in [1.82, 2.24) is 14.7 Å². The Kier molecular flexibility index (Phi) is 10.4. The highest BCUT2D eigenvalue weighted by Crippen LogP contribution is 2.18. The predicted octanol–water partition coefficient (Wildman–Crippen LogP) is 0.600. The minimum Gasteiger partial charge on any atom is -0.365 e. The van der Waals surface area contributed by atoms with Crippen molar-refractivity contribution in [3.63, 3.8) is 0 Å². The van der Waals surface area contributed by atoms with Crippen LogP contribution in [0, 0.1) is 5.41 Å². The summed E-state index contributed by atoms with van der Waals surface area (Å²) in [7, 11) is 11.9. The van der Waals surface area contributed by atoms with Gasteiger partial charge in [0.05, 0.1) is 40.0 Å². The van der Waals surface area contributed by atoms with Gasteiger partial charge in [-0.2, -0.15) is 0 Å². The molecule has 0 aliphatic heterocycles. The van der Waals surface area contributed by atoms with Gasteiger partial charge in [-0.1, -0.05) is 6.92 Å².